The monoisotopic (exact) mass is 491 g/mol. The fourth-order valence-corrected chi connectivity index (χ4v) is 8.07. The third kappa shape index (κ3) is 4.11. The molecule has 1 aromatic rings. The highest BCUT2D eigenvalue weighted by atomic mass is 16.3. The van der Waals surface area contributed by atoms with Crippen molar-refractivity contribution in [3.05, 3.63) is 29.8 Å². The Kier molecular flexibility index (Phi) is 6.07. The van der Waals surface area contributed by atoms with Crippen molar-refractivity contribution in [1.29, 1.82) is 5.26 Å². The van der Waals surface area contributed by atoms with Gasteiger partial charge in [0, 0.05) is 45.3 Å². The molecule has 2 saturated heterocycles. The number of urea groups is 1. The number of piperidine rings is 1. The number of hydrogen-bond donors (Lipinski definition) is 2. The Balaban J connectivity index is 1.04. The first kappa shape index (κ1) is 23.6. The Morgan fingerprint density at radius 1 is 1.00 bits per heavy atom. The molecule has 2 aliphatic heterocycles. The van der Waals surface area contributed by atoms with Crippen LogP contribution >= 0.6 is 0 Å². The number of rotatable bonds is 3. The third-order valence-electron chi connectivity index (χ3n) is 9.65. The summed E-state index contributed by atoms with van der Waals surface area (Å²) in [6.07, 6.45) is 6.34. The van der Waals surface area contributed by atoms with Gasteiger partial charge in [0.25, 0.3) is 0 Å². The van der Waals surface area contributed by atoms with Crippen molar-refractivity contribution in [2.24, 2.45) is 23.2 Å². The molecule has 0 spiro atoms. The van der Waals surface area contributed by atoms with Gasteiger partial charge in [-0.1, -0.05) is 12.1 Å². The van der Waals surface area contributed by atoms with Crippen molar-refractivity contribution in [2.45, 2.75) is 57.1 Å². The lowest BCUT2D eigenvalue weighted by Crippen LogP contribution is -2.61. The highest BCUT2D eigenvalue weighted by molar-refractivity contribution is 5.83. The van der Waals surface area contributed by atoms with Crippen molar-refractivity contribution in [3.8, 4) is 6.07 Å². The molecule has 36 heavy (non-hydrogen) atoms. The van der Waals surface area contributed by atoms with Gasteiger partial charge >= 0.3 is 6.03 Å². The number of anilines is 1. The second-order valence-electron chi connectivity index (χ2n) is 11.9. The first-order valence-electron chi connectivity index (χ1n) is 13.7. The molecule has 3 atom stereocenters. The number of carbonyl (C=O) groups excluding carboxylic acids is 2. The second kappa shape index (κ2) is 9.26. The molecule has 8 heteroatoms. The molecule has 3 unspecified atom stereocenters. The number of para-hydroxylation sites is 1. The first-order valence-corrected chi connectivity index (χ1v) is 13.7. The predicted octanol–water partition coefficient (Wildman–Crippen LogP) is 2.57. The predicted molar refractivity (Wildman–Crippen MR) is 135 cm³/mol. The normalized spacial score (nSPS) is 35.4. The number of amides is 3. The molecule has 1 aromatic carbocycles. The lowest BCUT2D eigenvalue weighted by molar-refractivity contribution is -0.163. The molecule has 0 aromatic heterocycles. The summed E-state index contributed by atoms with van der Waals surface area (Å²) in [6.45, 7) is 3.96. The van der Waals surface area contributed by atoms with Crippen LogP contribution in [-0.4, -0.2) is 78.3 Å². The molecule has 4 saturated carbocycles. The van der Waals surface area contributed by atoms with Crippen LogP contribution in [0.4, 0.5) is 10.5 Å². The van der Waals surface area contributed by atoms with Crippen LogP contribution in [0.25, 0.3) is 0 Å². The van der Waals surface area contributed by atoms with Gasteiger partial charge in [-0.25, -0.2) is 4.79 Å². The van der Waals surface area contributed by atoms with Crippen LogP contribution in [0.5, 0.6) is 0 Å². The average Bonchev–Trinajstić information content (AvgIpc) is 2.91. The molecular weight excluding hydrogens is 454 g/mol. The number of aliphatic hydroxyl groups excluding tert-OH is 1. The molecule has 0 radical (unpaired) electrons. The minimum Gasteiger partial charge on any atom is -0.393 e. The highest BCUT2D eigenvalue weighted by Gasteiger charge is 2.58. The van der Waals surface area contributed by atoms with Crippen LogP contribution in [-0.2, 0) is 4.79 Å². The number of benzene rings is 1. The van der Waals surface area contributed by atoms with E-state index in [1.165, 1.54) is 0 Å². The first-order chi connectivity index (χ1) is 17.5. The van der Waals surface area contributed by atoms with Crippen LogP contribution < -0.4 is 10.2 Å². The molecule has 2 N–H and O–H groups in total. The summed E-state index contributed by atoms with van der Waals surface area (Å²) >= 11 is 0. The molecule has 7 rings (SSSR count). The van der Waals surface area contributed by atoms with Gasteiger partial charge in [0.05, 0.1) is 22.8 Å². The van der Waals surface area contributed by atoms with Crippen molar-refractivity contribution >= 4 is 17.6 Å². The number of nitrogens with zero attached hydrogens (tertiary/aromatic N) is 4. The fourth-order valence-electron chi connectivity index (χ4n) is 8.07. The summed E-state index contributed by atoms with van der Waals surface area (Å²) < 4.78 is 0. The lowest BCUT2D eigenvalue weighted by atomic mass is 9.48. The third-order valence-corrected chi connectivity index (χ3v) is 9.65. The Morgan fingerprint density at radius 3 is 2.44 bits per heavy atom. The topological polar surface area (TPSA) is 99.9 Å². The van der Waals surface area contributed by atoms with E-state index >= 15 is 0 Å². The van der Waals surface area contributed by atoms with Gasteiger partial charge in [-0.15, -0.1) is 0 Å². The molecule has 8 nitrogen and oxygen atoms in total. The number of hydrogen-bond acceptors (Lipinski definition) is 5. The highest BCUT2D eigenvalue weighted by Crippen LogP contribution is 2.60. The maximum Gasteiger partial charge on any atom is 0.320 e. The smallest absolute Gasteiger partial charge is 0.320 e. The Morgan fingerprint density at radius 2 is 1.72 bits per heavy atom. The van der Waals surface area contributed by atoms with E-state index in [9.17, 15) is 20.0 Å². The molecule has 4 aliphatic carbocycles. The summed E-state index contributed by atoms with van der Waals surface area (Å²) in [5, 5.41) is 23.3. The van der Waals surface area contributed by atoms with Gasteiger partial charge in [0.15, 0.2) is 0 Å². The Hall–Kier alpha value is -2.79. The largest absolute Gasteiger partial charge is 0.393 e. The Labute approximate surface area is 213 Å². The average molecular weight is 492 g/mol. The molecule has 6 fully saturated rings. The maximum absolute atomic E-state index is 13.5. The summed E-state index contributed by atoms with van der Waals surface area (Å²) in [4.78, 5) is 32.9. The number of nitriles is 1. The standard InChI is InChI=1S/C28H37N5O3/c29-17-20-4-1-2-6-24(20)31-8-10-32(11-9-31)27(36)33-7-3-5-23(18-33)30-26(35)28-14-19-12-21(15-28)25(34)22(13-19)16-28/h1-2,4,6,19,21-23,25,34H,3,5,7-16,18H2,(H,30,35). The van der Waals surface area contributed by atoms with Crippen molar-refractivity contribution in [1.82, 2.24) is 15.1 Å². The van der Waals surface area contributed by atoms with Gasteiger partial charge in [-0.05, 0) is 74.8 Å². The van der Waals surface area contributed by atoms with Gasteiger partial charge in [0.2, 0.25) is 5.91 Å². The number of likely N-dealkylation sites (tertiary alicyclic amines) is 1. The summed E-state index contributed by atoms with van der Waals surface area (Å²) in [5.74, 6) is 1.31. The van der Waals surface area contributed by atoms with Crippen LogP contribution in [0.1, 0.15) is 50.5 Å². The minimum atomic E-state index is -0.307. The number of aliphatic hydroxyl groups is 1. The summed E-state index contributed by atoms with van der Waals surface area (Å²) in [6, 6.07) is 9.94. The number of carbonyl (C=O) groups is 2. The summed E-state index contributed by atoms with van der Waals surface area (Å²) in [5.41, 5.74) is 1.29. The quantitative estimate of drug-likeness (QED) is 0.677. The number of piperazine rings is 1. The lowest BCUT2D eigenvalue weighted by Gasteiger charge is -2.58. The zero-order valence-corrected chi connectivity index (χ0v) is 20.9. The van der Waals surface area contributed by atoms with E-state index in [4.69, 9.17) is 0 Å². The molecular formula is C28H37N5O3. The van der Waals surface area contributed by atoms with E-state index in [2.05, 4.69) is 16.3 Å². The van der Waals surface area contributed by atoms with Crippen LogP contribution in [0.15, 0.2) is 24.3 Å². The van der Waals surface area contributed by atoms with E-state index in [0.29, 0.717) is 44.2 Å². The van der Waals surface area contributed by atoms with Gasteiger partial charge < -0.3 is 25.1 Å². The zero-order valence-electron chi connectivity index (χ0n) is 20.9. The zero-order chi connectivity index (χ0) is 24.9. The summed E-state index contributed by atoms with van der Waals surface area (Å²) in [7, 11) is 0. The molecule has 4 bridgehead atoms. The fraction of sp³-hybridized carbons (Fsp3) is 0.679. The van der Waals surface area contributed by atoms with Crippen molar-refractivity contribution < 1.29 is 14.7 Å². The van der Waals surface area contributed by atoms with E-state index < -0.39 is 0 Å². The van der Waals surface area contributed by atoms with Crippen LogP contribution in [0, 0.1) is 34.5 Å². The Bertz CT molecular complexity index is 1050. The second-order valence-corrected chi connectivity index (χ2v) is 11.9. The van der Waals surface area contributed by atoms with Crippen LogP contribution in [0.3, 0.4) is 0 Å². The van der Waals surface area contributed by atoms with Gasteiger partial charge in [0.1, 0.15) is 6.07 Å². The van der Waals surface area contributed by atoms with E-state index in [1.54, 1.807) is 0 Å². The minimum absolute atomic E-state index is 0.00285. The van der Waals surface area contributed by atoms with Crippen LogP contribution in [0.2, 0.25) is 0 Å². The van der Waals surface area contributed by atoms with Crippen molar-refractivity contribution in [2.75, 3.05) is 44.2 Å². The maximum atomic E-state index is 13.5. The van der Waals surface area contributed by atoms with Crippen molar-refractivity contribution in [3.63, 3.8) is 0 Å². The van der Waals surface area contributed by atoms with E-state index in [0.717, 1.165) is 57.2 Å². The van der Waals surface area contributed by atoms with Gasteiger partial charge in [-0.2, -0.15) is 5.26 Å². The molecule has 192 valence electrons. The van der Waals surface area contributed by atoms with Gasteiger partial charge in [-0.3, -0.25) is 4.79 Å². The SMILES string of the molecule is N#Cc1ccccc1N1CCN(C(=O)N2CCCC(NC(=O)C34CC5CC(C3)C(O)C(C5)C4)C2)CC1. The molecule has 3 amide bonds. The van der Waals surface area contributed by atoms with E-state index in [1.807, 2.05) is 34.1 Å². The molecule has 6 aliphatic rings. The van der Waals surface area contributed by atoms with E-state index in [-0.39, 0.29) is 41.3 Å². The number of nitrogens with one attached hydrogen (secondary N) is 1. The molecule has 2 heterocycles.